The Balaban J connectivity index is 1.92. The van der Waals surface area contributed by atoms with Crippen molar-refractivity contribution in [2.24, 2.45) is 0 Å². The minimum Gasteiger partial charge on any atom is -0.504 e. The largest absolute Gasteiger partial charge is 0.504 e. The van der Waals surface area contributed by atoms with Crippen molar-refractivity contribution in [3.8, 4) is 28.7 Å². The van der Waals surface area contributed by atoms with Gasteiger partial charge in [-0.3, -0.25) is 4.79 Å². The molecule has 0 aliphatic rings. The number of ether oxygens (including phenoxy) is 1. The highest BCUT2D eigenvalue weighted by molar-refractivity contribution is 5.73. The zero-order valence-corrected chi connectivity index (χ0v) is 11.0. The smallest absolute Gasteiger partial charge is 0.311 e. The maximum Gasteiger partial charge on any atom is 0.311 e. The van der Waals surface area contributed by atoms with Crippen molar-refractivity contribution in [3.05, 3.63) is 42.0 Å². The van der Waals surface area contributed by atoms with Crippen LogP contribution in [0.4, 0.5) is 0 Å². The molecular weight excluding hydrogens is 276 g/mol. The summed E-state index contributed by atoms with van der Waals surface area (Å²) < 4.78 is 5.00. The summed E-state index contributed by atoms with van der Waals surface area (Å²) in [6.45, 7) is 0. The van der Waals surface area contributed by atoms with Crippen molar-refractivity contribution in [1.29, 1.82) is 0 Å². The van der Waals surface area contributed by atoms with Crippen LogP contribution in [0, 0.1) is 0 Å². The molecule has 0 fully saturated rings. The summed E-state index contributed by atoms with van der Waals surface area (Å²) in [5.41, 5.74) is 0.677. The fraction of sp³-hybridized carbons (Fsp3) is 0.133. The van der Waals surface area contributed by atoms with E-state index < -0.39 is 5.97 Å². The Kier molecular flexibility index (Phi) is 4.18. The van der Waals surface area contributed by atoms with E-state index in [-0.39, 0.29) is 35.2 Å². The van der Waals surface area contributed by atoms with E-state index in [4.69, 9.17) is 9.84 Å². The molecule has 0 saturated carbocycles. The van der Waals surface area contributed by atoms with Gasteiger partial charge in [0.2, 0.25) is 0 Å². The summed E-state index contributed by atoms with van der Waals surface area (Å²) in [6, 6.07) is 8.02. The van der Waals surface area contributed by atoms with Gasteiger partial charge in [-0.1, -0.05) is 6.07 Å². The van der Waals surface area contributed by atoms with Gasteiger partial charge in [-0.15, -0.1) is 0 Å². The van der Waals surface area contributed by atoms with Crippen LogP contribution in [0.3, 0.4) is 0 Å². The lowest BCUT2D eigenvalue weighted by Crippen LogP contribution is -2.08. The van der Waals surface area contributed by atoms with Crippen LogP contribution in [0.2, 0.25) is 0 Å². The summed E-state index contributed by atoms with van der Waals surface area (Å²) in [4.78, 5) is 11.7. The third kappa shape index (κ3) is 3.79. The van der Waals surface area contributed by atoms with E-state index in [2.05, 4.69) is 0 Å². The van der Waals surface area contributed by atoms with Crippen molar-refractivity contribution in [1.82, 2.24) is 0 Å². The number of hydrogen-bond donors (Lipinski definition) is 4. The molecule has 4 N–H and O–H groups in total. The standard InChI is InChI=1S/C15H14O6/c16-11-4-1-9(7-13(11)18)2-6-15(20)21-10-3-5-12(17)14(19)8-10/h1,3-5,7-8,16-19H,2,6H2. The van der Waals surface area contributed by atoms with Gasteiger partial charge in [0, 0.05) is 12.5 Å². The van der Waals surface area contributed by atoms with E-state index in [1.807, 2.05) is 0 Å². The van der Waals surface area contributed by atoms with E-state index in [1.165, 1.54) is 24.3 Å². The number of aryl methyl sites for hydroxylation is 1. The summed E-state index contributed by atoms with van der Waals surface area (Å²) in [7, 11) is 0. The second-order valence-electron chi connectivity index (χ2n) is 4.45. The first kappa shape index (κ1) is 14.5. The average Bonchev–Trinajstić information content (AvgIpc) is 2.44. The highest BCUT2D eigenvalue weighted by Crippen LogP contribution is 2.29. The number of esters is 1. The summed E-state index contributed by atoms with van der Waals surface area (Å²) in [5, 5.41) is 36.9. The Hall–Kier alpha value is -2.89. The molecule has 0 amide bonds. The lowest BCUT2D eigenvalue weighted by Gasteiger charge is -2.06. The zero-order valence-electron chi connectivity index (χ0n) is 11.0. The summed E-state index contributed by atoms with van der Waals surface area (Å²) in [5.74, 6) is -1.53. The minimum atomic E-state index is -0.521. The Labute approximate surface area is 120 Å². The topological polar surface area (TPSA) is 107 Å². The van der Waals surface area contributed by atoms with Gasteiger partial charge in [-0.2, -0.15) is 0 Å². The molecule has 0 unspecified atom stereocenters. The van der Waals surface area contributed by atoms with Crippen molar-refractivity contribution in [2.75, 3.05) is 0 Å². The Morgan fingerprint density at radius 3 is 2.10 bits per heavy atom. The third-order valence-corrected chi connectivity index (χ3v) is 2.84. The van der Waals surface area contributed by atoms with Gasteiger partial charge < -0.3 is 25.2 Å². The number of phenolic OH excluding ortho intramolecular Hbond substituents is 4. The Morgan fingerprint density at radius 1 is 0.857 bits per heavy atom. The lowest BCUT2D eigenvalue weighted by atomic mass is 10.1. The number of aromatic hydroxyl groups is 4. The summed E-state index contributed by atoms with van der Waals surface area (Å²) >= 11 is 0. The molecule has 0 saturated heterocycles. The highest BCUT2D eigenvalue weighted by atomic mass is 16.5. The van der Waals surface area contributed by atoms with E-state index >= 15 is 0 Å². The molecule has 0 aromatic heterocycles. The predicted molar refractivity (Wildman–Crippen MR) is 73.5 cm³/mol. The van der Waals surface area contributed by atoms with Crippen molar-refractivity contribution in [2.45, 2.75) is 12.8 Å². The van der Waals surface area contributed by atoms with E-state index in [1.54, 1.807) is 6.07 Å². The Bertz CT molecular complexity index is 665. The van der Waals surface area contributed by atoms with E-state index in [0.717, 1.165) is 6.07 Å². The molecule has 0 radical (unpaired) electrons. The highest BCUT2D eigenvalue weighted by Gasteiger charge is 2.09. The molecule has 2 rings (SSSR count). The van der Waals surface area contributed by atoms with Gasteiger partial charge in [0.05, 0.1) is 0 Å². The van der Waals surface area contributed by atoms with Crippen LogP contribution in [0.25, 0.3) is 0 Å². The number of carbonyl (C=O) groups excluding carboxylic acids is 1. The molecule has 0 bridgehead atoms. The monoisotopic (exact) mass is 290 g/mol. The molecule has 0 aliphatic heterocycles. The molecule has 6 nitrogen and oxygen atoms in total. The normalized spacial score (nSPS) is 10.3. The molecule has 21 heavy (non-hydrogen) atoms. The van der Waals surface area contributed by atoms with Crippen LogP contribution in [0.1, 0.15) is 12.0 Å². The predicted octanol–water partition coefficient (Wildman–Crippen LogP) is 2.05. The molecule has 2 aromatic rings. The maximum atomic E-state index is 11.7. The van der Waals surface area contributed by atoms with Crippen LogP contribution >= 0.6 is 0 Å². The first-order valence-electron chi connectivity index (χ1n) is 6.19. The number of phenols is 4. The van der Waals surface area contributed by atoms with Gasteiger partial charge in [0.1, 0.15) is 5.75 Å². The molecule has 0 aliphatic carbocycles. The quantitative estimate of drug-likeness (QED) is 0.390. The molecule has 6 heteroatoms. The second kappa shape index (κ2) is 6.04. The molecule has 0 spiro atoms. The van der Waals surface area contributed by atoms with Gasteiger partial charge in [-0.25, -0.2) is 0 Å². The second-order valence-corrected chi connectivity index (χ2v) is 4.45. The van der Waals surface area contributed by atoms with E-state index in [0.29, 0.717) is 12.0 Å². The fourth-order valence-corrected chi connectivity index (χ4v) is 1.72. The lowest BCUT2D eigenvalue weighted by molar-refractivity contribution is -0.134. The Morgan fingerprint density at radius 2 is 1.48 bits per heavy atom. The van der Waals surface area contributed by atoms with Crippen LogP contribution in [-0.2, 0) is 11.2 Å². The summed E-state index contributed by atoms with van der Waals surface area (Å²) in [6.07, 6.45) is 0.391. The van der Waals surface area contributed by atoms with Crippen molar-refractivity contribution in [3.63, 3.8) is 0 Å². The van der Waals surface area contributed by atoms with Gasteiger partial charge in [0.25, 0.3) is 0 Å². The van der Waals surface area contributed by atoms with Crippen molar-refractivity contribution >= 4 is 5.97 Å². The minimum absolute atomic E-state index is 0.0614. The molecule has 0 atom stereocenters. The molecule has 2 aromatic carbocycles. The van der Waals surface area contributed by atoms with E-state index in [9.17, 15) is 20.1 Å². The van der Waals surface area contributed by atoms with Crippen LogP contribution in [0.5, 0.6) is 28.7 Å². The van der Waals surface area contributed by atoms with Crippen LogP contribution in [0.15, 0.2) is 36.4 Å². The molecule has 110 valence electrons. The first-order valence-corrected chi connectivity index (χ1v) is 6.19. The SMILES string of the molecule is O=C(CCc1ccc(O)c(O)c1)Oc1ccc(O)c(O)c1. The van der Waals surface area contributed by atoms with Crippen LogP contribution < -0.4 is 4.74 Å². The van der Waals surface area contributed by atoms with Gasteiger partial charge >= 0.3 is 5.97 Å². The number of rotatable bonds is 4. The molecular formula is C15H14O6. The number of carbonyl (C=O) groups is 1. The van der Waals surface area contributed by atoms with Crippen LogP contribution in [-0.4, -0.2) is 26.4 Å². The maximum absolute atomic E-state index is 11.7. The van der Waals surface area contributed by atoms with Gasteiger partial charge in [-0.05, 0) is 36.2 Å². The third-order valence-electron chi connectivity index (χ3n) is 2.84. The fourth-order valence-electron chi connectivity index (χ4n) is 1.72. The number of benzene rings is 2. The van der Waals surface area contributed by atoms with Crippen molar-refractivity contribution < 1.29 is 30.0 Å². The van der Waals surface area contributed by atoms with Gasteiger partial charge in [0.15, 0.2) is 23.0 Å². The molecule has 0 heterocycles. The zero-order chi connectivity index (χ0) is 15.4. The number of hydrogen-bond acceptors (Lipinski definition) is 6. The average molecular weight is 290 g/mol. The first-order chi connectivity index (χ1) is 9.95.